The van der Waals surface area contributed by atoms with Crippen LogP contribution in [0.1, 0.15) is 23.5 Å². The van der Waals surface area contributed by atoms with Gasteiger partial charge in [0.05, 0.1) is 5.92 Å². The summed E-state index contributed by atoms with van der Waals surface area (Å²) < 4.78 is 40.5. The molecule has 0 spiro atoms. The number of halogens is 3. The second kappa shape index (κ2) is 7.30. The number of anilines is 1. The molecule has 0 saturated carbocycles. The van der Waals surface area contributed by atoms with Crippen molar-refractivity contribution in [2.75, 3.05) is 12.4 Å². The topological polar surface area (TPSA) is 58.6 Å². The summed E-state index contributed by atoms with van der Waals surface area (Å²) in [6, 6.07) is 12.4. The third kappa shape index (κ3) is 4.58. The Bertz CT molecular complexity index is 850. The zero-order valence-electron chi connectivity index (χ0n) is 14.4. The van der Waals surface area contributed by atoms with Gasteiger partial charge in [0.1, 0.15) is 5.75 Å². The van der Waals surface area contributed by atoms with Crippen LogP contribution in [0.15, 0.2) is 48.5 Å². The molecule has 1 atom stereocenters. The number of likely N-dealkylation sites (N-methyl/N-ethyl adjacent to an activating group) is 1. The van der Waals surface area contributed by atoms with E-state index in [4.69, 9.17) is 0 Å². The van der Waals surface area contributed by atoms with Crippen molar-refractivity contribution >= 4 is 17.5 Å². The van der Waals surface area contributed by atoms with Gasteiger partial charge >= 0.3 is 6.36 Å². The summed E-state index contributed by atoms with van der Waals surface area (Å²) in [5.74, 6) is -1.37. The van der Waals surface area contributed by atoms with E-state index in [0.29, 0.717) is 11.3 Å². The zero-order chi connectivity index (χ0) is 19.6. The SMILES string of the molecule is CN(Cc1ccc(OC(F)(F)F)cc1)C(=O)C1CC(=O)Nc2ccccc21. The number of rotatable bonds is 4. The Morgan fingerprint density at radius 3 is 2.52 bits per heavy atom. The molecule has 0 saturated heterocycles. The predicted octanol–water partition coefficient (Wildman–Crippen LogP) is 3.67. The molecule has 1 heterocycles. The number of nitrogens with one attached hydrogen (secondary N) is 1. The molecule has 2 amide bonds. The van der Waals surface area contributed by atoms with E-state index in [-0.39, 0.29) is 30.5 Å². The van der Waals surface area contributed by atoms with Crippen LogP contribution in [0.25, 0.3) is 0 Å². The smallest absolute Gasteiger partial charge is 0.406 e. The molecule has 1 N–H and O–H groups in total. The lowest BCUT2D eigenvalue weighted by Gasteiger charge is -2.28. The Kier molecular flexibility index (Phi) is 5.07. The minimum absolute atomic E-state index is 0.0541. The van der Waals surface area contributed by atoms with Crippen LogP contribution in [-0.4, -0.2) is 30.1 Å². The number of carbonyl (C=O) groups excluding carboxylic acids is 2. The summed E-state index contributed by atoms with van der Waals surface area (Å²) in [4.78, 5) is 26.2. The fourth-order valence-electron chi connectivity index (χ4n) is 3.05. The van der Waals surface area contributed by atoms with Gasteiger partial charge in [-0.25, -0.2) is 0 Å². The van der Waals surface area contributed by atoms with Gasteiger partial charge in [-0.15, -0.1) is 13.2 Å². The van der Waals surface area contributed by atoms with E-state index >= 15 is 0 Å². The maximum Gasteiger partial charge on any atom is 0.573 e. The van der Waals surface area contributed by atoms with Crippen molar-refractivity contribution in [2.24, 2.45) is 0 Å². The van der Waals surface area contributed by atoms with E-state index in [1.807, 2.05) is 0 Å². The van der Waals surface area contributed by atoms with Crippen molar-refractivity contribution in [2.45, 2.75) is 25.2 Å². The standard InChI is InChI=1S/C19H17F3N2O3/c1-24(11-12-6-8-13(9-7-12)27-19(20,21)22)18(26)15-10-17(25)23-16-5-3-2-4-14(15)16/h2-9,15H,10-11H2,1H3,(H,23,25). The van der Waals surface area contributed by atoms with E-state index in [0.717, 1.165) is 5.56 Å². The lowest BCUT2D eigenvalue weighted by molar-refractivity contribution is -0.274. The number of benzene rings is 2. The summed E-state index contributed by atoms with van der Waals surface area (Å²) in [7, 11) is 1.59. The number of hydrogen-bond donors (Lipinski definition) is 1. The third-order valence-corrected chi connectivity index (χ3v) is 4.25. The molecule has 0 aliphatic carbocycles. The van der Waals surface area contributed by atoms with Crippen molar-refractivity contribution in [3.05, 3.63) is 59.7 Å². The van der Waals surface area contributed by atoms with Crippen molar-refractivity contribution in [1.29, 1.82) is 0 Å². The van der Waals surface area contributed by atoms with Crippen LogP contribution in [-0.2, 0) is 16.1 Å². The van der Waals surface area contributed by atoms with Gasteiger partial charge in [0.15, 0.2) is 0 Å². The Labute approximate surface area is 153 Å². The molecule has 1 aliphatic heterocycles. The molecule has 1 unspecified atom stereocenters. The largest absolute Gasteiger partial charge is 0.573 e. The highest BCUT2D eigenvalue weighted by Gasteiger charge is 2.33. The second-order valence-corrected chi connectivity index (χ2v) is 6.28. The van der Waals surface area contributed by atoms with Gasteiger partial charge in [-0.3, -0.25) is 9.59 Å². The van der Waals surface area contributed by atoms with Crippen molar-refractivity contribution in [3.8, 4) is 5.75 Å². The highest BCUT2D eigenvalue weighted by molar-refractivity contribution is 6.01. The molecule has 5 nitrogen and oxygen atoms in total. The first-order chi connectivity index (χ1) is 12.7. The molecular weight excluding hydrogens is 361 g/mol. The van der Waals surface area contributed by atoms with Crippen LogP contribution >= 0.6 is 0 Å². The summed E-state index contributed by atoms with van der Waals surface area (Å²) >= 11 is 0. The van der Waals surface area contributed by atoms with Crippen molar-refractivity contribution in [1.82, 2.24) is 4.90 Å². The Morgan fingerprint density at radius 1 is 1.19 bits per heavy atom. The number of alkyl halides is 3. The summed E-state index contributed by atoms with van der Waals surface area (Å²) in [6.07, 6.45) is -4.69. The van der Waals surface area contributed by atoms with Crippen LogP contribution in [0.5, 0.6) is 5.75 Å². The first-order valence-corrected chi connectivity index (χ1v) is 8.21. The van der Waals surface area contributed by atoms with Crippen molar-refractivity contribution in [3.63, 3.8) is 0 Å². The lowest BCUT2D eigenvalue weighted by atomic mass is 9.89. The number of ether oxygens (including phenoxy) is 1. The Morgan fingerprint density at radius 2 is 1.85 bits per heavy atom. The van der Waals surface area contributed by atoms with Crippen LogP contribution in [0.4, 0.5) is 18.9 Å². The molecule has 2 aromatic carbocycles. The van der Waals surface area contributed by atoms with Gasteiger partial charge < -0.3 is 15.0 Å². The van der Waals surface area contributed by atoms with Gasteiger partial charge in [0.2, 0.25) is 11.8 Å². The monoisotopic (exact) mass is 378 g/mol. The minimum Gasteiger partial charge on any atom is -0.406 e. The molecule has 2 aromatic rings. The summed E-state index contributed by atoms with van der Waals surface area (Å²) in [6.45, 7) is 0.200. The van der Waals surface area contributed by atoms with Gasteiger partial charge in [0.25, 0.3) is 0 Å². The number of amides is 2. The Balaban J connectivity index is 1.70. The molecule has 0 fully saturated rings. The quantitative estimate of drug-likeness (QED) is 0.883. The molecule has 8 heteroatoms. The second-order valence-electron chi connectivity index (χ2n) is 6.28. The van der Waals surface area contributed by atoms with E-state index in [2.05, 4.69) is 10.1 Å². The van der Waals surface area contributed by atoms with E-state index in [1.165, 1.54) is 29.2 Å². The zero-order valence-corrected chi connectivity index (χ0v) is 14.4. The maximum atomic E-state index is 12.8. The van der Waals surface area contributed by atoms with Crippen LogP contribution in [0.2, 0.25) is 0 Å². The highest BCUT2D eigenvalue weighted by atomic mass is 19.4. The number of carbonyl (C=O) groups is 2. The van der Waals surface area contributed by atoms with Gasteiger partial charge in [-0.2, -0.15) is 0 Å². The predicted molar refractivity (Wildman–Crippen MR) is 92.0 cm³/mol. The molecular formula is C19H17F3N2O3. The molecule has 1 aliphatic rings. The van der Waals surface area contributed by atoms with Crippen LogP contribution in [0.3, 0.4) is 0 Å². The number of fused-ring (bicyclic) bond motifs is 1. The van der Waals surface area contributed by atoms with E-state index < -0.39 is 12.3 Å². The first kappa shape index (κ1) is 18.8. The summed E-state index contributed by atoms with van der Waals surface area (Å²) in [5, 5.41) is 2.74. The molecule has 27 heavy (non-hydrogen) atoms. The average Bonchev–Trinajstić information content (AvgIpc) is 2.60. The maximum absolute atomic E-state index is 12.8. The molecule has 0 aromatic heterocycles. The third-order valence-electron chi connectivity index (χ3n) is 4.25. The first-order valence-electron chi connectivity index (χ1n) is 8.21. The van der Waals surface area contributed by atoms with Gasteiger partial charge in [0, 0.05) is 25.7 Å². The fraction of sp³-hybridized carbons (Fsp3) is 0.263. The van der Waals surface area contributed by atoms with Crippen LogP contribution < -0.4 is 10.1 Å². The van der Waals surface area contributed by atoms with Crippen molar-refractivity contribution < 1.29 is 27.5 Å². The lowest BCUT2D eigenvalue weighted by Crippen LogP contribution is -2.36. The average molecular weight is 378 g/mol. The van der Waals surface area contributed by atoms with Gasteiger partial charge in [-0.05, 0) is 29.3 Å². The minimum atomic E-state index is -4.75. The fourth-order valence-corrected chi connectivity index (χ4v) is 3.05. The van der Waals surface area contributed by atoms with Crippen LogP contribution in [0, 0.1) is 0 Å². The Hall–Kier alpha value is -3.03. The molecule has 0 radical (unpaired) electrons. The molecule has 0 bridgehead atoms. The number of nitrogens with zero attached hydrogens (tertiary/aromatic N) is 1. The highest BCUT2D eigenvalue weighted by Crippen LogP contribution is 2.33. The van der Waals surface area contributed by atoms with Gasteiger partial charge in [-0.1, -0.05) is 30.3 Å². The number of para-hydroxylation sites is 1. The van der Waals surface area contributed by atoms with E-state index in [9.17, 15) is 22.8 Å². The normalized spacial score (nSPS) is 16.3. The summed E-state index contributed by atoms with van der Waals surface area (Å²) in [5.41, 5.74) is 2.02. The van der Waals surface area contributed by atoms with E-state index in [1.54, 1.807) is 31.3 Å². The molecule has 142 valence electrons. The number of hydrogen-bond acceptors (Lipinski definition) is 3. The molecule has 3 rings (SSSR count).